The van der Waals surface area contributed by atoms with Gasteiger partial charge in [-0.3, -0.25) is 9.71 Å². The molecule has 1 aromatic heterocycles. The second kappa shape index (κ2) is 6.34. The molecular formula is C15H13ClN2O6S. The van der Waals surface area contributed by atoms with Crippen molar-refractivity contribution in [2.75, 3.05) is 18.9 Å². The molecule has 0 radical (unpaired) electrons. The zero-order valence-electron chi connectivity index (χ0n) is 13.1. The average Bonchev–Trinajstić information content (AvgIpc) is 2.93. The highest BCUT2D eigenvalue weighted by Gasteiger charge is 2.19. The summed E-state index contributed by atoms with van der Waals surface area (Å²) in [5.41, 5.74) is 0.643. The van der Waals surface area contributed by atoms with Crippen LogP contribution in [0.15, 0.2) is 44.4 Å². The van der Waals surface area contributed by atoms with E-state index in [2.05, 4.69) is 9.71 Å². The van der Waals surface area contributed by atoms with Gasteiger partial charge in [-0.05, 0) is 18.2 Å². The van der Waals surface area contributed by atoms with Crippen molar-refractivity contribution in [1.82, 2.24) is 4.98 Å². The van der Waals surface area contributed by atoms with Gasteiger partial charge in [0.05, 0.1) is 35.3 Å². The molecule has 0 bridgehead atoms. The van der Waals surface area contributed by atoms with Gasteiger partial charge in [-0.25, -0.2) is 13.2 Å². The maximum atomic E-state index is 12.6. The van der Waals surface area contributed by atoms with Crippen LogP contribution in [0, 0.1) is 0 Å². The van der Waals surface area contributed by atoms with Gasteiger partial charge in [0.25, 0.3) is 10.0 Å². The molecule has 8 nitrogen and oxygen atoms in total. The molecule has 0 saturated carbocycles. The summed E-state index contributed by atoms with van der Waals surface area (Å²) in [5, 5.41) is 0.0827. The first-order chi connectivity index (χ1) is 11.8. The second-order valence-corrected chi connectivity index (χ2v) is 7.05. The predicted octanol–water partition coefficient (Wildman–Crippen LogP) is 2.59. The Morgan fingerprint density at radius 1 is 1.12 bits per heavy atom. The van der Waals surface area contributed by atoms with Crippen molar-refractivity contribution in [3.8, 4) is 11.5 Å². The lowest BCUT2D eigenvalue weighted by Crippen LogP contribution is -2.13. The van der Waals surface area contributed by atoms with Crippen LogP contribution in [0.3, 0.4) is 0 Å². The molecule has 3 aromatic rings. The Morgan fingerprint density at radius 3 is 2.52 bits per heavy atom. The molecule has 25 heavy (non-hydrogen) atoms. The Balaban J connectivity index is 2.01. The zero-order valence-corrected chi connectivity index (χ0v) is 14.7. The van der Waals surface area contributed by atoms with E-state index in [1.54, 1.807) is 0 Å². The number of H-pyrrole nitrogens is 1. The third-order valence-corrected chi connectivity index (χ3v) is 5.09. The number of anilines is 1. The van der Waals surface area contributed by atoms with E-state index >= 15 is 0 Å². The zero-order chi connectivity index (χ0) is 18.2. The first-order valence-electron chi connectivity index (χ1n) is 6.91. The number of aromatic nitrogens is 1. The summed E-state index contributed by atoms with van der Waals surface area (Å²) in [4.78, 5) is 13.6. The van der Waals surface area contributed by atoms with Crippen molar-refractivity contribution >= 4 is 38.4 Å². The van der Waals surface area contributed by atoms with E-state index in [0.717, 1.165) is 0 Å². The summed E-state index contributed by atoms with van der Waals surface area (Å²) in [6.45, 7) is 0. The molecule has 2 N–H and O–H groups in total. The molecule has 0 saturated heterocycles. The Morgan fingerprint density at radius 2 is 1.84 bits per heavy atom. The normalized spacial score (nSPS) is 11.5. The van der Waals surface area contributed by atoms with E-state index in [4.69, 9.17) is 25.5 Å². The van der Waals surface area contributed by atoms with Crippen LogP contribution in [0.5, 0.6) is 11.5 Å². The van der Waals surface area contributed by atoms with Crippen LogP contribution >= 0.6 is 11.6 Å². The lowest BCUT2D eigenvalue weighted by Gasteiger charge is -2.12. The Bertz CT molecular complexity index is 1100. The molecule has 0 fully saturated rings. The van der Waals surface area contributed by atoms with Crippen LogP contribution in [0.1, 0.15) is 0 Å². The van der Waals surface area contributed by atoms with E-state index in [0.29, 0.717) is 11.3 Å². The van der Waals surface area contributed by atoms with Gasteiger partial charge in [-0.1, -0.05) is 11.6 Å². The van der Waals surface area contributed by atoms with Crippen LogP contribution in [0.2, 0.25) is 5.02 Å². The predicted molar refractivity (Wildman–Crippen MR) is 92.2 cm³/mol. The SMILES string of the molecule is COc1ccc(S(=O)(=O)Nc2cc3[nH]c(=O)oc3cc2Cl)cc1OC. The van der Waals surface area contributed by atoms with E-state index < -0.39 is 15.8 Å². The molecule has 3 rings (SSSR count). The molecule has 0 spiro atoms. The molecule has 0 aliphatic heterocycles. The highest BCUT2D eigenvalue weighted by molar-refractivity contribution is 7.92. The quantitative estimate of drug-likeness (QED) is 0.699. The minimum Gasteiger partial charge on any atom is -0.493 e. The second-order valence-electron chi connectivity index (χ2n) is 4.97. The third-order valence-electron chi connectivity index (χ3n) is 3.42. The van der Waals surface area contributed by atoms with Crippen LogP contribution in [-0.2, 0) is 10.0 Å². The summed E-state index contributed by atoms with van der Waals surface area (Å²) in [6, 6.07) is 6.90. The Hall–Kier alpha value is -2.65. The standard InChI is InChI=1S/C15H13ClN2O6S/c1-22-12-4-3-8(5-14(12)23-2)25(20,21)18-10-7-11-13(6-9(10)16)24-15(19)17-11/h3-7,18H,1-2H3,(H,17,19). The first-order valence-corrected chi connectivity index (χ1v) is 8.77. The fraction of sp³-hybridized carbons (Fsp3) is 0.133. The number of oxazole rings is 1. The topological polar surface area (TPSA) is 111 Å². The first kappa shape index (κ1) is 17.2. The molecule has 10 heteroatoms. The van der Waals surface area contributed by atoms with Gasteiger partial charge in [0.2, 0.25) is 0 Å². The summed E-state index contributed by atoms with van der Waals surface area (Å²) < 4.78 is 42.6. The van der Waals surface area contributed by atoms with Gasteiger partial charge >= 0.3 is 5.76 Å². The summed E-state index contributed by atoms with van der Waals surface area (Å²) in [6.07, 6.45) is 0. The summed E-state index contributed by atoms with van der Waals surface area (Å²) in [7, 11) is -1.09. The summed E-state index contributed by atoms with van der Waals surface area (Å²) >= 11 is 6.06. The summed E-state index contributed by atoms with van der Waals surface area (Å²) in [5.74, 6) is 0.00827. The van der Waals surface area contributed by atoms with Gasteiger partial charge in [0.1, 0.15) is 0 Å². The number of fused-ring (bicyclic) bond motifs is 1. The molecule has 1 heterocycles. The number of hydrogen-bond donors (Lipinski definition) is 2. The molecule has 0 aliphatic rings. The lowest BCUT2D eigenvalue weighted by molar-refractivity contribution is 0.354. The van der Waals surface area contributed by atoms with E-state index in [1.165, 1.54) is 44.6 Å². The van der Waals surface area contributed by atoms with Crippen molar-refractivity contribution in [3.63, 3.8) is 0 Å². The molecule has 0 aliphatic carbocycles. The number of aromatic amines is 1. The Labute approximate surface area is 147 Å². The van der Waals surface area contributed by atoms with Crippen molar-refractivity contribution in [2.24, 2.45) is 0 Å². The number of ether oxygens (including phenoxy) is 2. The largest absolute Gasteiger partial charge is 0.493 e. The minimum atomic E-state index is -3.95. The van der Waals surface area contributed by atoms with Gasteiger partial charge in [-0.2, -0.15) is 0 Å². The highest BCUT2D eigenvalue weighted by atomic mass is 35.5. The molecule has 132 valence electrons. The van der Waals surface area contributed by atoms with Crippen molar-refractivity contribution < 1.29 is 22.3 Å². The monoisotopic (exact) mass is 384 g/mol. The molecule has 0 unspecified atom stereocenters. The third kappa shape index (κ3) is 3.28. The molecule has 0 atom stereocenters. The van der Waals surface area contributed by atoms with Gasteiger partial charge < -0.3 is 13.9 Å². The van der Waals surface area contributed by atoms with Crippen molar-refractivity contribution in [1.29, 1.82) is 0 Å². The Kier molecular flexibility index (Phi) is 4.36. The molecule has 0 amide bonds. The average molecular weight is 385 g/mol. The molecular weight excluding hydrogens is 372 g/mol. The van der Waals surface area contributed by atoms with E-state index in [-0.39, 0.29) is 26.9 Å². The van der Waals surface area contributed by atoms with Crippen LogP contribution in [0.25, 0.3) is 11.1 Å². The highest BCUT2D eigenvalue weighted by Crippen LogP contribution is 2.32. The number of methoxy groups -OCH3 is 2. The van der Waals surface area contributed by atoms with Crippen LogP contribution in [0.4, 0.5) is 5.69 Å². The van der Waals surface area contributed by atoms with E-state index in [1.807, 2.05) is 0 Å². The minimum absolute atomic E-state index is 0.0398. The van der Waals surface area contributed by atoms with Crippen LogP contribution in [-0.4, -0.2) is 27.6 Å². The maximum Gasteiger partial charge on any atom is 0.417 e. The number of halogens is 1. The van der Waals surface area contributed by atoms with Crippen LogP contribution < -0.4 is 20.0 Å². The fourth-order valence-electron chi connectivity index (χ4n) is 2.24. The van der Waals surface area contributed by atoms with Gasteiger partial charge in [-0.15, -0.1) is 0 Å². The number of benzene rings is 2. The number of hydrogen-bond acceptors (Lipinski definition) is 6. The maximum absolute atomic E-state index is 12.6. The number of rotatable bonds is 5. The smallest absolute Gasteiger partial charge is 0.417 e. The lowest BCUT2D eigenvalue weighted by atomic mass is 10.3. The number of nitrogens with one attached hydrogen (secondary N) is 2. The van der Waals surface area contributed by atoms with Gasteiger partial charge in [0.15, 0.2) is 17.1 Å². The van der Waals surface area contributed by atoms with E-state index in [9.17, 15) is 13.2 Å². The fourth-order valence-corrected chi connectivity index (χ4v) is 3.58. The number of sulfonamides is 1. The molecule has 2 aromatic carbocycles. The van der Waals surface area contributed by atoms with Crippen molar-refractivity contribution in [2.45, 2.75) is 4.90 Å². The van der Waals surface area contributed by atoms with Gasteiger partial charge in [0, 0.05) is 12.1 Å². The van der Waals surface area contributed by atoms with Crippen molar-refractivity contribution in [3.05, 3.63) is 45.9 Å².